The first-order chi connectivity index (χ1) is 9.65. The molecule has 8 nitrogen and oxygen atoms in total. The van der Waals surface area contributed by atoms with E-state index in [0.29, 0.717) is 12.6 Å². The van der Waals surface area contributed by atoms with E-state index >= 15 is 0 Å². The zero-order valence-corrected chi connectivity index (χ0v) is 11.9. The minimum atomic E-state index is -0.365. The number of nitrogens with one attached hydrogen (secondary N) is 1. The van der Waals surface area contributed by atoms with Crippen molar-refractivity contribution >= 4 is 11.9 Å². The number of anilines is 2. The molecule has 0 bridgehead atoms. The van der Waals surface area contributed by atoms with Crippen LogP contribution in [0.3, 0.4) is 0 Å². The van der Waals surface area contributed by atoms with Gasteiger partial charge in [0.25, 0.3) is 0 Å². The van der Waals surface area contributed by atoms with Gasteiger partial charge in [0.1, 0.15) is 0 Å². The topological polar surface area (TPSA) is 109 Å². The van der Waals surface area contributed by atoms with E-state index in [-0.39, 0.29) is 24.1 Å². The van der Waals surface area contributed by atoms with Crippen LogP contribution in [-0.2, 0) is 0 Å². The number of hydrogen-bond donors (Lipinski definition) is 3. The van der Waals surface area contributed by atoms with Gasteiger partial charge in [-0.1, -0.05) is 12.8 Å². The number of aliphatic hydroxyl groups is 1. The number of aromatic nitrogens is 3. The first-order valence-electron chi connectivity index (χ1n) is 6.92. The molecule has 0 saturated heterocycles. The normalized spacial score (nSPS) is 22.4. The minimum Gasteiger partial charge on any atom is -0.464 e. The van der Waals surface area contributed by atoms with Gasteiger partial charge < -0.3 is 14.7 Å². The Morgan fingerprint density at radius 1 is 1.35 bits per heavy atom. The second kappa shape index (κ2) is 6.67. The summed E-state index contributed by atoms with van der Waals surface area (Å²) in [6, 6.07) is 0.230. The van der Waals surface area contributed by atoms with E-state index in [1.165, 1.54) is 0 Å². The lowest BCUT2D eigenvalue weighted by Gasteiger charge is -2.35. The molecule has 1 aromatic heterocycles. The summed E-state index contributed by atoms with van der Waals surface area (Å²) in [7, 11) is 1.87. The monoisotopic (exact) mass is 282 g/mol. The van der Waals surface area contributed by atoms with E-state index in [1.54, 1.807) is 0 Å². The maximum absolute atomic E-state index is 10.1. The maximum Gasteiger partial charge on any atom is 0.323 e. The number of hydrazine groups is 1. The van der Waals surface area contributed by atoms with Crippen molar-refractivity contribution in [1.29, 1.82) is 0 Å². The number of hydrogen-bond acceptors (Lipinski definition) is 8. The highest BCUT2D eigenvalue weighted by Crippen LogP contribution is 2.25. The molecule has 1 aliphatic rings. The van der Waals surface area contributed by atoms with E-state index in [0.717, 1.165) is 25.7 Å². The van der Waals surface area contributed by atoms with Gasteiger partial charge in [0.05, 0.1) is 18.8 Å². The Labute approximate surface area is 118 Å². The molecule has 0 amide bonds. The largest absolute Gasteiger partial charge is 0.464 e. The molecular weight excluding hydrogens is 260 g/mol. The molecule has 112 valence electrons. The summed E-state index contributed by atoms with van der Waals surface area (Å²) >= 11 is 0. The lowest BCUT2D eigenvalue weighted by molar-refractivity contribution is 0.105. The average molecular weight is 282 g/mol. The number of ether oxygens (including phenoxy) is 1. The molecule has 2 unspecified atom stereocenters. The van der Waals surface area contributed by atoms with Crippen molar-refractivity contribution in [2.24, 2.45) is 5.84 Å². The third-order valence-electron chi connectivity index (χ3n) is 3.51. The van der Waals surface area contributed by atoms with Crippen LogP contribution < -0.4 is 20.9 Å². The Morgan fingerprint density at radius 2 is 2.10 bits per heavy atom. The molecule has 1 aliphatic carbocycles. The van der Waals surface area contributed by atoms with Gasteiger partial charge in [-0.3, -0.25) is 5.43 Å². The predicted octanol–water partition coefficient (Wildman–Crippen LogP) is 0.296. The quantitative estimate of drug-likeness (QED) is 0.522. The summed E-state index contributed by atoms with van der Waals surface area (Å²) in [6.07, 6.45) is 3.51. The molecule has 1 aromatic rings. The van der Waals surface area contributed by atoms with E-state index in [4.69, 9.17) is 10.6 Å². The van der Waals surface area contributed by atoms with Gasteiger partial charge in [-0.15, -0.1) is 0 Å². The molecule has 20 heavy (non-hydrogen) atoms. The first kappa shape index (κ1) is 14.7. The van der Waals surface area contributed by atoms with Crippen molar-refractivity contribution in [3.8, 4) is 6.01 Å². The zero-order chi connectivity index (χ0) is 14.5. The van der Waals surface area contributed by atoms with Crippen molar-refractivity contribution in [2.75, 3.05) is 24.0 Å². The van der Waals surface area contributed by atoms with Crippen molar-refractivity contribution in [3.63, 3.8) is 0 Å². The highest BCUT2D eigenvalue weighted by atomic mass is 16.5. The second-order valence-electron chi connectivity index (χ2n) is 4.85. The Bertz CT molecular complexity index is 444. The van der Waals surface area contributed by atoms with Gasteiger partial charge in [-0.25, -0.2) is 5.84 Å². The van der Waals surface area contributed by atoms with Gasteiger partial charge in [0, 0.05) is 7.05 Å². The van der Waals surface area contributed by atoms with Gasteiger partial charge >= 0.3 is 6.01 Å². The lowest BCUT2D eigenvalue weighted by atomic mass is 9.92. The molecule has 0 spiro atoms. The average Bonchev–Trinajstić information content (AvgIpc) is 2.47. The van der Waals surface area contributed by atoms with Crippen LogP contribution in [0.1, 0.15) is 32.6 Å². The smallest absolute Gasteiger partial charge is 0.323 e. The van der Waals surface area contributed by atoms with Crippen LogP contribution in [0.2, 0.25) is 0 Å². The number of rotatable bonds is 5. The summed E-state index contributed by atoms with van der Waals surface area (Å²) in [4.78, 5) is 14.4. The van der Waals surface area contributed by atoms with Crippen molar-refractivity contribution in [3.05, 3.63) is 0 Å². The van der Waals surface area contributed by atoms with Crippen LogP contribution in [0.5, 0.6) is 6.01 Å². The maximum atomic E-state index is 10.1. The van der Waals surface area contributed by atoms with Gasteiger partial charge in [-0.05, 0) is 19.8 Å². The summed E-state index contributed by atoms with van der Waals surface area (Å²) < 4.78 is 5.31. The predicted molar refractivity (Wildman–Crippen MR) is 75.5 cm³/mol. The number of aliphatic hydroxyl groups excluding tert-OH is 1. The molecule has 8 heteroatoms. The Kier molecular flexibility index (Phi) is 4.91. The van der Waals surface area contributed by atoms with E-state index in [2.05, 4.69) is 20.4 Å². The van der Waals surface area contributed by atoms with Crippen LogP contribution in [0.25, 0.3) is 0 Å². The Hall–Kier alpha value is -1.67. The van der Waals surface area contributed by atoms with Crippen LogP contribution in [0.4, 0.5) is 11.9 Å². The second-order valence-corrected chi connectivity index (χ2v) is 4.85. The number of likely N-dealkylation sites (N-methyl/N-ethyl adjacent to an activating group) is 1. The fraction of sp³-hybridized carbons (Fsp3) is 0.750. The Morgan fingerprint density at radius 3 is 2.75 bits per heavy atom. The first-order valence-corrected chi connectivity index (χ1v) is 6.92. The van der Waals surface area contributed by atoms with E-state index in [1.807, 2.05) is 18.9 Å². The van der Waals surface area contributed by atoms with Crippen LogP contribution in [0.15, 0.2) is 0 Å². The number of nitrogen functional groups attached to an aromatic ring is 1. The highest BCUT2D eigenvalue weighted by molar-refractivity contribution is 5.38. The third-order valence-corrected chi connectivity index (χ3v) is 3.51. The van der Waals surface area contributed by atoms with Gasteiger partial charge in [0.2, 0.25) is 11.9 Å². The Balaban J connectivity index is 2.23. The molecule has 2 atom stereocenters. The van der Waals surface area contributed by atoms with Crippen LogP contribution in [-0.4, -0.2) is 45.9 Å². The molecular formula is C12H22N6O2. The van der Waals surface area contributed by atoms with Crippen molar-refractivity contribution in [2.45, 2.75) is 44.8 Å². The molecule has 1 heterocycles. The molecule has 1 fully saturated rings. The molecule has 0 radical (unpaired) electrons. The molecule has 2 rings (SSSR count). The summed E-state index contributed by atoms with van der Waals surface area (Å²) in [5, 5.41) is 10.1. The summed E-state index contributed by atoms with van der Waals surface area (Å²) in [5.41, 5.74) is 2.40. The van der Waals surface area contributed by atoms with Gasteiger partial charge in [-0.2, -0.15) is 15.0 Å². The fourth-order valence-electron chi connectivity index (χ4n) is 2.45. The van der Waals surface area contributed by atoms with Crippen molar-refractivity contribution < 1.29 is 9.84 Å². The van der Waals surface area contributed by atoms with Crippen LogP contribution >= 0.6 is 0 Å². The van der Waals surface area contributed by atoms with Crippen molar-refractivity contribution in [1.82, 2.24) is 15.0 Å². The number of nitrogens with zero attached hydrogens (tertiary/aromatic N) is 4. The molecule has 0 aliphatic heterocycles. The lowest BCUT2D eigenvalue weighted by Crippen LogP contribution is -2.44. The van der Waals surface area contributed by atoms with Crippen LogP contribution in [0, 0.1) is 0 Å². The minimum absolute atomic E-state index is 0.00579. The van der Waals surface area contributed by atoms with Gasteiger partial charge in [0.15, 0.2) is 0 Å². The summed E-state index contributed by atoms with van der Waals surface area (Å²) in [6.45, 7) is 2.32. The standard InChI is InChI=1S/C12H22N6O2/c1-3-20-12-15-10(17-13)14-11(16-12)18(2)8-6-4-5-7-9(8)19/h8-9,19H,3-7,13H2,1-2H3,(H,14,15,16,17). The number of nitrogens with two attached hydrogens (primary N) is 1. The molecule has 0 aromatic carbocycles. The highest BCUT2D eigenvalue weighted by Gasteiger charge is 2.28. The zero-order valence-electron chi connectivity index (χ0n) is 11.9. The van der Waals surface area contributed by atoms with E-state index in [9.17, 15) is 5.11 Å². The molecule has 4 N–H and O–H groups in total. The van der Waals surface area contributed by atoms with E-state index < -0.39 is 0 Å². The fourth-order valence-corrected chi connectivity index (χ4v) is 2.45. The molecule has 1 saturated carbocycles. The third kappa shape index (κ3) is 3.26. The SMILES string of the molecule is CCOc1nc(NN)nc(N(C)C2CCCCC2O)n1. The summed E-state index contributed by atoms with van der Waals surface area (Å²) in [5.74, 6) is 6.06.